The number of piperazine rings is 1. The topological polar surface area (TPSA) is 68.5 Å². The van der Waals surface area contributed by atoms with Crippen molar-refractivity contribution in [2.45, 2.75) is 26.8 Å². The van der Waals surface area contributed by atoms with Crippen molar-refractivity contribution < 1.29 is 9.84 Å². The van der Waals surface area contributed by atoms with Crippen molar-refractivity contribution >= 4 is 0 Å². The first kappa shape index (κ1) is 16.6. The predicted octanol–water partition coefficient (Wildman–Crippen LogP) is 2.26. The maximum Gasteiger partial charge on any atom is 0.162 e. The molecule has 120 valence electrons. The second-order valence-corrected chi connectivity index (χ2v) is 6.78. The van der Waals surface area contributed by atoms with E-state index in [1.54, 1.807) is 12.1 Å². The molecule has 1 fully saturated rings. The number of hydrogen-bond donors (Lipinski definition) is 2. The third-order valence-electron chi connectivity index (χ3n) is 4.09. The van der Waals surface area contributed by atoms with Gasteiger partial charge in [0.15, 0.2) is 11.5 Å². The Kier molecular flexibility index (Phi) is 4.94. The molecule has 22 heavy (non-hydrogen) atoms. The van der Waals surface area contributed by atoms with E-state index >= 15 is 0 Å². The summed E-state index contributed by atoms with van der Waals surface area (Å²) in [4.78, 5) is 2.37. The van der Waals surface area contributed by atoms with Gasteiger partial charge in [0.25, 0.3) is 0 Å². The van der Waals surface area contributed by atoms with Gasteiger partial charge in [0.05, 0.1) is 18.7 Å². The smallest absolute Gasteiger partial charge is 0.162 e. The molecule has 1 saturated heterocycles. The molecule has 0 spiro atoms. The lowest BCUT2D eigenvalue weighted by Gasteiger charge is -2.42. The van der Waals surface area contributed by atoms with Crippen LogP contribution in [0.5, 0.6) is 11.5 Å². The first-order valence-electron chi connectivity index (χ1n) is 7.64. The first-order valence-corrected chi connectivity index (χ1v) is 7.64. The Labute approximate surface area is 132 Å². The van der Waals surface area contributed by atoms with Crippen molar-refractivity contribution in [2.75, 3.05) is 33.3 Å². The molecular weight excluding hydrogens is 278 g/mol. The molecule has 0 unspecified atom stereocenters. The van der Waals surface area contributed by atoms with Gasteiger partial charge in [-0.25, -0.2) is 0 Å². The van der Waals surface area contributed by atoms with Gasteiger partial charge in [0.2, 0.25) is 0 Å². The molecule has 5 nitrogen and oxygen atoms in total. The molecule has 1 aliphatic heterocycles. The predicted molar refractivity (Wildman–Crippen MR) is 86.0 cm³/mol. The summed E-state index contributed by atoms with van der Waals surface area (Å²) in [6.45, 7) is 10.2. The number of benzene rings is 1. The molecule has 0 amide bonds. The summed E-state index contributed by atoms with van der Waals surface area (Å²) in [6.07, 6.45) is 0. The molecule has 1 aliphatic rings. The number of phenols is 1. The SMILES string of the molecule is COc1cc(C#N)cc([C@@H](N2CCNCC2)C(C)(C)C)c1O. The van der Waals surface area contributed by atoms with Gasteiger partial charge >= 0.3 is 0 Å². The normalized spacial score (nSPS) is 17.8. The van der Waals surface area contributed by atoms with Crippen molar-refractivity contribution in [1.29, 1.82) is 5.26 Å². The third-order valence-corrected chi connectivity index (χ3v) is 4.09. The quantitative estimate of drug-likeness (QED) is 0.896. The zero-order chi connectivity index (χ0) is 16.3. The van der Waals surface area contributed by atoms with Crippen molar-refractivity contribution in [2.24, 2.45) is 5.41 Å². The number of aromatic hydroxyl groups is 1. The highest BCUT2D eigenvalue weighted by atomic mass is 16.5. The van der Waals surface area contributed by atoms with E-state index in [2.05, 4.69) is 37.1 Å². The van der Waals surface area contributed by atoms with Crippen LogP contribution in [0.4, 0.5) is 0 Å². The van der Waals surface area contributed by atoms with Crippen LogP contribution >= 0.6 is 0 Å². The lowest BCUT2D eigenvalue weighted by atomic mass is 9.80. The molecule has 2 rings (SSSR count). The Hall–Kier alpha value is -1.77. The van der Waals surface area contributed by atoms with Gasteiger partial charge < -0.3 is 15.2 Å². The Bertz CT molecular complexity index is 566. The molecule has 0 aromatic heterocycles. The molecule has 1 heterocycles. The van der Waals surface area contributed by atoms with E-state index in [1.165, 1.54) is 7.11 Å². The molecule has 0 radical (unpaired) electrons. The second-order valence-electron chi connectivity index (χ2n) is 6.78. The summed E-state index contributed by atoms with van der Waals surface area (Å²) in [5.74, 6) is 0.499. The number of phenolic OH excluding ortho intramolecular Hbond substituents is 1. The highest BCUT2D eigenvalue weighted by Crippen LogP contribution is 2.45. The summed E-state index contributed by atoms with van der Waals surface area (Å²) in [6, 6.07) is 5.55. The number of nitrogens with one attached hydrogen (secondary N) is 1. The minimum atomic E-state index is -0.0755. The van der Waals surface area contributed by atoms with Gasteiger partial charge in [-0.15, -0.1) is 0 Å². The molecule has 1 atom stereocenters. The number of methoxy groups -OCH3 is 1. The monoisotopic (exact) mass is 303 g/mol. The van der Waals surface area contributed by atoms with Crippen LogP contribution in [-0.4, -0.2) is 43.3 Å². The van der Waals surface area contributed by atoms with E-state index in [-0.39, 0.29) is 17.2 Å². The van der Waals surface area contributed by atoms with Crippen molar-refractivity contribution in [1.82, 2.24) is 10.2 Å². The molecule has 0 saturated carbocycles. The van der Waals surface area contributed by atoms with Gasteiger partial charge in [-0.3, -0.25) is 4.90 Å². The maximum atomic E-state index is 10.6. The average molecular weight is 303 g/mol. The maximum absolute atomic E-state index is 10.6. The van der Waals surface area contributed by atoms with Gasteiger partial charge in [-0.05, 0) is 11.5 Å². The lowest BCUT2D eigenvalue weighted by molar-refractivity contribution is 0.0839. The Balaban J connectivity index is 2.54. The number of ether oxygens (including phenoxy) is 1. The van der Waals surface area contributed by atoms with Crippen molar-refractivity contribution in [3.8, 4) is 17.6 Å². The largest absolute Gasteiger partial charge is 0.504 e. The number of hydrogen-bond acceptors (Lipinski definition) is 5. The Morgan fingerprint density at radius 1 is 1.32 bits per heavy atom. The number of nitriles is 1. The van der Waals surface area contributed by atoms with Gasteiger partial charge in [-0.1, -0.05) is 20.8 Å². The molecular formula is C17H25N3O2. The van der Waals surface area contributed by atoms with Gasteiger partial charge in [0, 0.05) is 43.9 Å². The fourth-order valence-electron chi connectivity index (χ4n) is 3.21. The molecule has 0 aliphatic carbocycles. The summed E-state index contributed by atoms with van der Waals surface area (Å²) in [5, 5.41) is 23.2. The van der Waals surface area contributed by atoms with Crippen LogP contribution in [0.2, 0.25) is 0 Å². The van der Waals surface area contributed by atoms with Gasteiger partial charge in [-0.2, -0.15) is 5.26 Å². The number of rotatable bonds is 3. The summed E-state index contributed by atoms with van der Waals surface area (Å²) in [7, 11) is 1.51. The van der Waals surface area contributed by atoms with Crippen molar-refractivity contribution in [3.63, 3.8) is 0 Å². The molecule has 1 aromatic carbocycles. The fourth-order valence-corrected chi connectivity index (χ4v) is 3.21. The molecule has 0 bridgehead atoms. The average Bonchev–Trinajstić information content (AvgIpc) is 2.49. The fraction of sp³-hybridized carbons (Fsp3) is 0.588. The lowest BCUT2D eigenvalue weighted by Crippen LogP contribution is -2.48. The highest BCUT2D eigenvalue weighted by Gasteiger charge is 2.35. The molecule has 1 aromatic rings. The van der Waals surface area contributed by atoms with E-state index in [9.17, 15) is 10.4 Å². The van der Waals surface area contributed by atoms with Crippen molar-refractivity contribution in [3.05, 3.63) is 23.3 Å². The minimum Gasteiger partial charge on any atom is -0.504 e. The molecule has 2 N–H and O–H groups in total. The summed E-state index contributed by atoms with van der Waals surface area (Å²) >= 11 is 0. The second kappa shape index (κ2) is 6.55. The third kappa shape index (κ3) is 3.34. The van der Waals surface area contributed by atoms with Crippen LogP contribution in [0.1, 0.15) is 37.9 Å². The van der Waals surface area contributed by atoms with Crippen LogP contribution in [-0.2, 0) is 0 Å². The van der Waals surface area contributed by atoms with E-state index < -0.39 is 0 Å². The van der Waals surface area contributed by atoms with Crippen LogP contribution < -0.4 is 10.1 Å². The zero-order valence-corrected chi connectivity index (χ0v) is 13.8. The first-order chi connectivity index (χ1) is 10.4. The van der Waals surface area contributed by atoms with E-state index in [4.69, 9.17) is 4.74 Å². The van der Waals surface area contributed by atoms with E-state index in [0.29, 0.717) is 11.3 Å². The highest BCUT2D eigenvalue weighted by molar-refractivity contribution is 5.53. The summed E-state index contributed by atoms with van der Waals surface area (Å²) < 4.78 is 5.25. The van der Waals surface area contributed by atoms with Gasteiger partial charge in [0.1, 0.15) is 0 Å². The molecule has 5 heteroatoms. The van der Waals surface area contributed by atoms with Crippen LogP contribution in [0, 0.1) is 16.7 Å². The minimum absolute atomic E-state index is 0.0248. The zero-order valence-electron chi connectivity index (χ0n) is 13.8. The van der Waals surface area contributed by atoms with Crippen LogP contribution in [0.25, 0.3) is 0 Å². The van der Waals surface area contributed by atoms with E-state index in [0.717, 1.165) is 31.7 Å². The standard InChI is InChI=1S/C17H25N3O2/c1-17(2,3)16(20-7-5-19-6-8-20)13-9-12(11-18)10-14(22-4)15(13)21/h9-10,16,19,21H,5-8H2,1-4H3/t16-/m1/s1. The Morgan fingerprint density at radius 2 is 1.95 bits per heavy atom. The van der Waals surface area contributed by atoms with Crippen LogP contribution in [0.3, 0.4) is 0 Å². The Morgan fingerprint density at radius 3 is 2.45 bits per heavy atom. The summed E-state index contributed by atoms with van der Waals surface area (Å²) in [5.41, 5.74) is 1.20. The van der Waals surface area contributed by atoms with Crippen LogP contribution in [0.15, 0.2) is 12.1 Å². The van der Waals surface area contributed by atoms with E-state index in [1.807, 2.05) is 0 Å². The number of nitrogens with zero attached hydrogens (tertiary/aromatic N) is 2.